The third-order valence-electron chi connectivity index (χ3n) is 4.74. The molecular weight excluding hydrogens is 427 g/mol. The van der Waals surface area contributed by atoms with E-state index in [2.05, 4.69) is 20.1 Å². The van der Waals surface area contributed by atoms with Crippen LogP contribution in [0.15, 0.2) is 18.2 Å². The van der Waals surface area contributed by atoms with Crippen LogP contribution >= 0.6 is 23.2 Å². The number of hydrogen-bond acceptors (Lipinski definition) is 8. The number of halogens is 2. The van der Waals surface area contributed by atoms with Crippen molar-refractivity contribution in [3.05, 3.63) is 28.2 Å². The molecule has 1 unspecified atom stereocenters. The predicted octanol–water partition coefficient (Wildman–Crippen LogP) is 2.73. The van der Waals surface area contributed by atoms with Crippen molar-refractivity contribution >= 4 is 35.0 Å². The van der Waals surface area contributed by atoms with E-state index >= 15 is 0 Å². The molecule has 2 aromatic rings. The molecule has 0 aliphatic carbocycles. The fraction of sp³-hybridized carbons (Fsp3) is 0.550. The van der Waals surface area contributed by atoms with Gasteiger partial charge in [0.05, 0.1) is 28.4 Å². The van der Waals surface area contributed by atoms with Crippen molar-refractivity contribution in [2.45, 2.75) is 32.5 Å². The van der Waals surface area contributed by atoms with Gasteiger partial charge in [-0.1, -0.05) is 35.3 Å². The molecule has 164 valence electrons. The minimum Gasteiger partial charge on any atom is -0.389 e. The highest BCUT2D eigenvalue weighted by molar-refractivity contribution is 6.43. The van der Waals surface area contributed by atoms with E-state index in [4.69, 9.17) is 33.7 Å². The summed E-state index contributed by atoms with van der Waals surface area (Å²) in [5, 5.41) is 19.5. The zero-order valence-corrected chi connectivity index (χ0v) is 19.0. The van der Waals surface area contributed by atoms with Crippen LogP contribution in [-0.2, 0) is 4.74 Å². The highest BCUT2D eigenvalue weighted by Crippen LogP contribution is 2.34. The molecule has 0 amide bonds. The van der Waals surface area contributed by atoms with Gasteiger partial charge in [0, 0.05) is 38.3 Å². The van der Waals surface area contributed by atoms with Gasteiger partial charge in [-0.15, -0.1) is 10.2 Å². The van der Waals surface area contributed by atoms with Crippen molar-refractivity contribution in [2.24, 2.45) is 0 Å². The summed E-state index contributed by atoms with van der Waals surface area (Å²) in [6.45, 7) is 9.79. The lowest BCUT2D eigenvalue weighted by atomic mass is 10.1. The molecule has 0 radical (unpaired) electrons. The lowest BCUT2D eigenvalue weighted by molar-refractivity contribution is -0.0563. The molecule has 10 heteroatoms. The van der Waals surface area contributed by atoms with Gasteiger partial charge in [-0.2, -0.15) is 4.98 Å². The topological polar surface area (TPSA) is 101 Å². The Balaban J connectivity index is 1.58. The number of rotatable bonds is 6. The predicted molar refractivity (Wildman–Crippen MR) is 120 cm³/mol. The molecule has 1 aromatic carbocycles. The first-order valence-electron chi connectivity index (χ1n) is 9.88. The number of hydrogen-bond donors (Lipinski definition) is 2. The number of anilines is 2. The number of benzene rings is 1. The van der Waals surface area contributed by atoms with E-state index in [9.17, 15) is 5.11 Å². The smallest absolute Gasteiger partial charge is 0.247 e. The second kappa shape index (κ2) is 9.62. The summed E-state index contributed by atoms with van der Waals surface area (Å²) in [6, 6.07) is 5.26. The quantitative estimate of drug-likeness (QED) is 0.686. The normalized spacial score (nSPS) is 16.7. The lowest BCUT2D eigenvalue weighted by Gasteiger charge is -2.35. The van der Waals surface area contributed by atoms with Gasteiger partial charge in [0.25, 0.3) is 0 Å². The van der Waals surface area contributed by atoms with E-state index in [1.165, 1.54) is 0 Å². The zero-order chi connectivity index (χ0) is 21.9. The average molecular weight is 455 g/mol. The molecular formula is C20H28Cl2N6O2. The van der Waals surface area contributed by atoms with Gasteiger partial charge in [0.1, 0.15) is 5.69 Å². The molecule has 30 heavy (non-hydrogen) atoms. The zero-order valence-electron chi connectivity index (χ0n) is 17.5. The second-order valence-corrected chi connectivity index (χ2v) is 9.10. The number of nitrogens with zero attached hydrogens (tertiary/aromatic N) is 5. The summed E-state index contributed by atoms with van der Waals surface area (Å²) in [7, 11) is 0. The van der Waals surface area contributed by atoms with Crippen LogP contribution in [0, 0.1) is 0 Å². The minimum atomic E-state index is -0.522. The van der Waals surface area contributed by atoms with Crippen molar-refractivity contribution in [3.8, 4) is 11.3 Å². The third-order valence-corrected chi connectivity index (χ3v) is 5.56. The molecule has 2 heterocycles. The molecule has 8 nitrogen and oxygen atoms in total. The summed E-state index contributed by atoms with van der Waals surface area (Å²) in [6.07, 6.45) is -0.522. The number of nitrogens with two attached hydrogens (primary N) is 1. The van der Waals surface area contributed by atoms with Crippen molar-refractivity contribution in [2.75, 3.05) is 50.0 Å². The molecule has 1 aromatic heterocycles. The number of β-amino-alcohol motifs (C(OH)–C–C–N with tert-alkyl or cyclic N) is 1. The highest BCUT2D eigenvalue weighted by Gasteiger charge is 2.23. The molecule has 0 bridgehead atoms. The largest absolute Gasteiger partial charge is 0.389 e. The number of piperazine rings is 1. The Hall–Kier alpha value is -1.71. The van der Waals surface area contributed by atoms with Gasteiger partial charge in [-0.25, -0.2) is 0 Å². The molecule has 1 aliphatic heterocycles. The fourth-order valence-corrected chi connectivity index (χ4v) is 3.56. The summed E-state index contributed by atoms with van der Waals surface area (Å²) < 4.78 is 5.65. The Bertz CT molecular complexity index is 869. The standard InChI is InChI=1S/C20H28Cl2N6O2/c1-20(2,3)30-12-13(29)11-27-7-9-28(10-8-27)19-24-18(23)17(25-26-19)14-5-4-6-15(21)16(14)22/h4-6,13,29H,7-12H2,1-3H3,(H2,23,24,26). The van der Waals surface area contributed by atoms with Crippen LogP contribution in [-0.4, -0.2) is 76.2 Å². The number of aliphatic hydroxyl groups is 1. The van der Waals surface area contributed by atoms with Crippen LogP contribution in [0.25, 0.3) is 11.3 Å². The molecule has 1 saturated heterocycles. The maximum atomic E-state index is 10.2. The Kier molecular flexibility index (Phi) is 7.36. The van der Waals surface area contributed by atoms with E-state index in [0.717, 1.165) is 13.1 Å². The molecule has 0 spiro atoms. The number of nitrogen functional groups attached to an aromatic ring is 1. The van der Waals surface area contributed by atoms with Gasteiger partial charge in [0.15, 0.2) is 5.82 Å². The first kappa shape index (κ1) is 23.0. The van der Waals surface area contributed by atoms with Crippen LogP contribution in [0.2, 0.25) is 10.0 Å². The number of aliphatic hydroxyl groups excluding tert-OH is 1. The Morgan fingerprint density at radius 1 is 1.17 bits per heavy atom. The summed E-state index contributed by atoms with van der Waals surface area (Å²) in [4.78, 5) is 8.65. The summed E-state index contributed by atoms with van der Waals surface area (Å²) in [5.41, 5.74) is 6.89. The maximum Gasteiger partial charge on any atom is 0.247 e. The van der Waals surface area contributed by atoms with Gasteiger partial charge < -0.3 is 20.5 Å². The second-order valence-electron chi connectivity index (χ2n) is 8.31. The average Bonchev–Trinajstić information content (AvgIpc) is 2.69. The van der Waals surface area contributed by atoms with Crippen LogP contribution in [0.1, 0.15) is 20.8 Å². The SMILES string of the molecule is CC(C)(C)OCC(O)CN1CCN(c2nnc(-c3cccc(Cl)c3Cl)c(N)n2)CC1. The van der Waals surface area contributed by atoms with Crippen molar-refractivity contribution < 1.29 is 9.84 Å². The number of aromatic nitrogens is 3. The van der Waals surface area contributed by atoms with E-state index in [-0.39, 0.29) is 11.4 Å². The van der Waals surface area contributed by atoms with Gasteiger partial charge >= 0.3 is 0 Å². The van der Waals surface area contributed by atoms with Crippen LogP contribution in [0.5, 0.6) is 0 Å². The summed E-state index contributed by atoms with van der Waals surface area (Å²) in [5.74, 6) is 0.729. The third kappa shape index (κ3) is 5.92. The van der Waals surface area contributed by atoms with E-state index in [1.807, 2.05) is 25.7 Å². The van der Waals surface area contributed by atoms with E-state index in [0.29, 0.717) is 53.5 Å². The van der Waals surface area contributed by atoms with Crippen LogP contribution in [0.4, 0.5) is 11.8 Å². The molecule has 1 aliphatic rings. The first-order valence-corrected chi connectivity index (χ1v) is 10.6. The Labute approximate surface area is 186 Å². The number of ether oxygens (including phenoxy) is 1. The van der Waals surface area contributed by atoms with E-state index in [1.54, 1.807) is 18.2 Å². The maximum absolute atomic E-state index is 10.2. The Morgan fingerprint density at radius 3 is 2.50 bits per heavy atom. The lowest BCUT2D eigenvalue weighted by Crippen LogP contribution is -2.49. The van der Waals surface area contributed by atoms with E-state index < -0.39 is 6.10 Å². The highest BCUT2D eigenvalue weighted by atomic mass is 35.5. The molecule has 1 atom stereocenters. The van der Waals surface area contributed by atoms with Crippen molar-refractivity contribution in [1.29, 1.82) is 0 Å². The monoisotopic (exact) mass is 454 g/mol. The van der Waals surface area contributed by atoms with Crippen molar-refractivity contribution in [1.82, 2.24) is 20.1 Å². The molecule has 0 saturated carbocycles. The molecule has 3 rings (SSSR count). The van der Waals surface area contributed by atoms with Gasteiger partial charge in [-0.05, 0) is 26.8 Å². The van der Waals surface area contributed by atoms with Crippen LogP contribution in [0.3, 0.4) is 0 Å². The molecule has 3 N–H and O–H groups in total. The van der Waals surface area contributed by atoms with Gasteiger partial charge in [-0.3, -0.25) is 4.90 Å². The fourth-order valence-electron chi connectivity index (χ4n) is 3.17. The van der Waals surface area contributed by atoms with Crippen LogP contribution < -0.4 is 10.6 Å². The van der Waals surface area contributed by atoms with Gasteiger partial charge in [0.2, 0.25) is 5.95 Å². The molecule has 1 fully saturated rings. The summed E-state index contributed by atoms with van der Waals surface area (Å²) >= 11 is 12.3. The first-order chi connectivity index (χ1) is 14.1. The van der Waals surface area contributed by atoms with Crippen molar-refractivity contribution in [3.63, 3.8) is 0 Å². The minimum absolute atomic E-state index is 0.251. The Morgan fingerprint density at radius 2 is 1.87 bits per heavy atom.